The van der Waals surface area contributed by atoms with E-state index >= 15 is 0 Å². The minimum absolute atomic E-state index is 0.293. The Morgan fingerprint density at radius 1 is 1.03 bits per heavy atom. The molecule has 0 amide bonds. The van der Waals surface area contributed by atoms with Crippen LogP contribution in [0.5, 0.6) is 5.75 Å². The van der Waals surface area contributed by atoms with Crippen LogP contribution in [0.1, 0.15) is 60.9 Å². The van der Waals surface area contributed by atoms with Crippen molar-refractivity contribution >= 4 is 26.9 Å². The number of rotatable bonds is 8. The molecule has 5 nitrogen and oxygen atoms in total. The first-order valence-corrected chi connectivity index (χ1v) is 14.8. The fourth-order valence-corrected chi connectivity index (χ4v) is 6.87. The van der Waals surface area contributed by atoms with Crippen molar-refractivity contribution in [2.24, 2.45) is 5.92 Å². The molecular weight excluding hydrogens is 464 g/mol. The summed E-state index contributed by atoms with van der Waals surface area (Å²) >= 11 is 1.83. The molecule has 5 rings (SSSR count). The molecule has 1 heterocycles. The van der Waals surface area contributed by atoms with Crippen molar-refractivity contribution in [3.05, 3.63) is 59.2 Å². The molecular formula is C27H32N2O3S2. The number of sulfone groups is 1. The van der Waals surface area contributed by atoms with Crippen LogP contribution < -0.4 is 10.1 Å². The van der Waals surface area contributed by atoms with Gasteiger partial charge in [0.15, 0.2) is 9.84 Å². The Morgan fingerprint density at radius 2 is 1.79 bits per heavy atom. The van der Waals surface area contributed by atoms with E-state index in [-0.39, 0.29) is 0 Å². The molecule has 0 bridgehead atoms. The van der Waals surface area contributed by atoms with Gasteiger partial charge in [-0.25, -0.2) is 13.4 Å². The zero-order valence-corrected chi connectivity index (χ0v) is 21.4. The predicted octanol–water partition coefficient (Wildman–Crippen LogP) is 6.49. The average molecular weight is 497 g/mol. The molecule has 0 saturated heterocycles. The lowest BCUT2D eigenvalue weighted by Gasteiger charge is -2.29. The predicted molar refractivity (Wildman–Crippen MR) is 139 cm³/mol. The first kappa shape index (κ1) is 23.4. The summed E-state index contributed by atoms with van der Waals surface area (Å²) in [6, 6.07) is 14.3. The van der Waals surface area contributed by atoms with Crippen LogP contribution in [0, 0.1) is 5.92 Å². The van der Waals surface area contributed by atoms with Crippen LogP contribution >= 0.6 is 11.3 Å². The number of nitrogens with zero attached hydrogens (tertiary/aromatic N) is 1. The molecule has 0 unspecified atom stereocenters. The Labute approximate surface area is 206 Å². The van der Waals surface area contributed by atoms with E-state index in [4.69, 9.17) is 4.74 Å². The fraction of sp³-hybridized carbons (Fsp3) is 0.444. The number of hydrogen-bond acceptors (Lipinski definition) is 6. The molecule has 7 heteroatoms. The monoisotopic (exact) mass is 496 g/mol. The van der Waals surface area contributed by atoms with Gasteiger partial charge >= 0.3 is 0 Å². The second kappa shape index (κ2) is 9.70. The van der Waals surface area contributed by atoms with Crippen molar-refractivity contribution in [3.63, 3.8) is 0 Å². The van der Waals surface area contributed by atoms with Gasteiger partial charge in [-0.3, -0.25) is 0 Å². The van der Waals surface area contributed by atoms with Crippen molar-refractivity contribution in [3.8, 4) is 16.2 Å². The third kappa shape index (κ3) is 5.31. The topological polar surface area (TPSA) is 68.3 Å². The van der Waals surface area contributed by atoms with Gasteiger partial charge in [0.1, 0.15) is 10.6 Å². The van der Waals surface area contributed by atoms with Gasteiger partial charge in [0, 0.05) is 30.6 Å². The maximum absolute atomic E-state index is 12.2. The second-order valence-corrected chi connectivity index (χ2v) is 12.7. The summed E-state index contributed by atoms with van der Waals surface area (Å²) in [4.78, 5) is 6.16. The van der Waals surface area contributed by atoms with Gasteiger partial charge in [0.25, 0.3) is 0 Å². The van der Waals surface area contributed by atoms with Crippen LogP contribution in [0.15, 0.2) is 53.6 Å². The van der Waals surface area contributed by atoms with E-state index < -0.39 is 9.84 Å². The smallest absolute Gasteiger partial charge is 0.179 e. The maximum Gasteiger partial charge on any atom is 0.179 e. The molecule has 34 heavy (non-hydrogen) atoms. The number of hydrogen-bond donors (Lipinski definition) is 1. The Morgan fingerprint density at radius 3 is 2.50 bits per heavy atom. The van der Waals surface area contributed by atoms with Gasteiger partial charge in [0.05, 0.1) is 17.0 Å². The molecule has 1 aromatic heterocycles. The van der Waals surface area contributed by atoms with E-state index in [0.717, 1.165) is 43.5 Å². The summed E-state index contributed by atoms with van der Waals surface area (Å²) in [6.07, 6.45) is 10.3. The molecule has 180 valence electrons. The van der Waals surface area contributed by atoms with Crippen LogP contribution in [0.4, 0.5) is 5.69 Å². The van der Waals surface area contributed by atoms with Crippen LogP contribution in [-0.4, -0.2) is 33.3 Å². The molecule has 0 spiro atoms. The highest BCUT2D eigenvalue weighted by molar-refractivity contribution is 7.90. The van der Waals surface area contributed by atoms with Gasteiger partial charge in [-0.15, -0.1) is 11.3 Å². The van der Waals surface area contributed by atoms with Crippen LogP contribution in [-0.2, 0) is 9.84 Å². The lowest BCUT2D eigenvalue weighted by molar-refractivity contribution is 0.338. The molecule has 2 aromatic carbocycles. The van der Waals surface area contributed by atoms with E-state index in [1.165, 1.54) is 41.7 Å². The van der Waals surface area contributed by atoms with Crippen molar-refractivity contribution < 1.29 is 13.2 Å². The minimum atomic E-state index is -3.32. The van der Waals surface area contributed by atoms with E-state index in [1.54, 1.807) is 6.07 Å². The third-order valence-corrected chi connectivity index (χ3v) is 9.42. The van der Waals surface area contributed by atoms with E-state index in [2.05, 4.69) is 34.6 Å². The van der Waals surface area contributed by atoms with Gasteiger partial charge < -0.3 is 10.1 Å². The number of thiazole rings is 1. The SMILES string of the molecule is COc1ccc(C2CCC(CNc3cccc(-c4cnc(C5CC5)s4)c3)CC2)cc1S(C)(=O)=O. The highest BCUT2D eigenvalue weighted by atomic mass is 32.2. The molecule has 0 aliphatic heterocycles. The largest absolute Gasteiger partial charge is 0.495 e. The number of anilines is 1. The molecule has 0 radical (unpaired) electrons. The first-order chi connectivity index (χ1) is 16.4. The number of methoxy groups -OCH3 is 1. The van der Waals surface area contributed by atoms with Crippen LogP contribution in [0.25, 0.3) is 10.4 Å². The molecule has 3 aromatic rings. The molecule has 1 N–H and O–H groups in total. The molecule has 2 fully saturated rings. The second-order valence-electron chi connectivity index (χ2n) is 9.70. The van der Waals surface area contributed by atoms with Crippen molar-refractivity contribution in [2.75, 3.05) is 25.2 Å². The van der Waals surface area contributed by atoms with Gasteiger partial charge in [-0.05, 0) is 85.8 Å². The summed E-state index contributed by atoms with van der Waals surface area (Å²) in [6.45, 7) is 0.962. The summed E-state index contributed by atoms with van der Waals surface area (Å²) in [5.41, 5.74) is 3.50. The van der Waals surface area contributed by atoms with E-state index in [0.29, 0.717) is 28.4 Å². The number of ether oxygens (including phenoxy) is 1. The van der Waals surface area contributed by atoms with Gasteiger partial charge in [0.2, 0.25) is 0 Å². The average Bonchev–Trinajstić information content (AvgIpc) is 3.58. The molecule has 2 aliphatic rings. The Hall–Kier alpha value is -2.38. The quantitative estimate of drug-likeness (QED) is 0.386. The lowest BCUT2D eigenvalue weighted by Crippen LogP contribution is -2.20. The summed E-state index contributed by atoms with van der Waals surface area (Å²) in [7, 11) is -1.80. The fourth-order valence-electron chi connectivity index (χ4n) is 4.92. The highest BCUT2D eigenvalue weighted by Crippen LogP contribution is 2.43. The van der Waals surface area contributed by atoms with Crippen LogP contribution in [0.2, 0.25) is 0 Å². The van der Waals surface area contributed by atoms with Crippen molar-refractivity contribution in [1.82, 2.24) is 4.98 Å². The molecule has 2 aliphatic carbocycles. The minimum Gasteiger partial charge on any atom is -0.495 e. The Balaban J connectivity index is 1.17. The Bertz CT molecular complexity index is 1260. The normalized spacial score (nSPS) is 20.8. The summed E-state index contributed by atoms with van der Waals surface area (Å²) < 4.78 is 29.6. The van der Waals surface area contributed by atoms with Gasteiger partial charge in [-0.1, -0.05) is 18.2 Å². The maximum atomic E-state index is 12.2. The lowest BCUT2D eigenvalue weighted by atomic mass is 9.78. The first-order valence-electron chi connectivity index (χ1n) is 12.1. The number of benzene rings is 2. The molecule has 2 saturated carbocycles. The van der Waals surface area contributed by atoms with Crippen molar-refractivity contribution in [2.45, 2.75) is 55.3 Å². The third-order valence-electron chi connectivity index (χ3n) is 7.10. The van der Waals surface area contributed by atoms with E-state index in [1.807, 2.05) is 29.7 Å². The molecule has 0 atom stereocenters. The zero-order valence-electron chi connectivity index (χ0n) is 19.8. The van der Waals surface area contributed by atoms with Crippen molar-refractivity contribution in [1.29, 1.82) is 0 Å². The summed E-state index contributed by atoms with van der Waals surface area (Å²) in [5.74, 6) is 2.15. The van der Waals surface area contributed by atoms with Gasteiger partial charge in [-0.2, -0.15) is 0 Å². The summed E-state index contributed by atoms with van der Waals surface area (Å²) in [5, 5.41) is 4.94. The number of aromatic nitrogens is 1. The zero-order chi connectivity index (χ0) is 23.7. The highest BCUT2D eigenvalue weighted by Gasteiger charge is 2.27. The Kier molecular flexibility index (Phi) is 6.67. The van der Waals surface area contributed by atoms with E-state index in [9.17, 15) is 8.42 Å². The van der Waals surface area contributed by atoms with Crippen LogP contribution in [0.3, 0.4) is 0 Å². The number of nitrogens with one attached hydrogen (secondary N) is 1. The standard InChI is InChI=1S/C27H32N2O3S2/c1-32-24-13-12-21(15-26(24)34(2,30)31)19-8-6-18(7-9-19)16-28-23-5-3-4-22(14-23)25-17-29-27(33-25)20-10-11-20/h3-5,12-15,17-20,28H,6-11,16H2,1-2H3.